The summed E-state index contributed by atoms with van der Waals surface area (Å²) in [6.45, 7) is 0.890. The highest BCUT2D eigenvalue weighted by molar-refractivity contribution is 6.01. The van der Waals surface area contributed by atoms with Gasteiger partial charge in [0.2, 0.25) is 5.78 Å². The van der Waals surface area contributed by atoms with E-state index in [1.807, 2.05) is 0 Å². The summed E-state index contributed by atoms with van der Waals surface area (Å²) >= 11 is 0. The number of carbonyl (C=O) groups is 1. The van der Waals surface area contributed by atoms with Crippen molar-refractivity contribution in [3.63, 3.8) is 0 Å². The maximum atomic E-state index is 13.0. The average Bonchev–Trinajstić information content (AvgIpc) is 2.17. The van der Waals surface area contributed by atoms with E-state index in [1.165, 1.54) is 24.3 Å². The molecule has 0 unspecified atom stereocenters. The van der Waals surface area contributed by atoms with Crippen molar-refractivity contribution in [2.24, 2.45) is 0 Å². The van der Waals surface area contributed by atoms with Crippen LogP contribution in [0.4, 0.5) is 8.78 Å². The van der Waals surface area contributed by atoms with Gasteiger partial charge in [0, 0.05) is 5.56 Å². The molecule has 0 aliphatic rings. The zero-order valence-corrected chi connectivity index (χ0v) is 7.58. The van der Waals surface area contributed by atoms with Crippen LogP contribution >= 0.6 is 0 Å². The summed E-state index contributed by atoms with van der Waals surface area (Å²) in [6.07, 6.45) is -1.98. The van der Waals surface area contributed by atoms with Gasteiger partial charge in [-0.1, -0.05) is 30.3 Å². The number of aliphatic hydroxyl groups excluding tert-OH is 1. The monoisotopic (exact) mass is 200 g/mol. The Kier molecular flexibility index (Phi) is 2.96. The highest BCUT2D eigenvalue weighted by Crippen LogP contribution is 2.23. The van der Waals surface area contributed by atoms with Gasteiger partial charge in [0.25, 0.3) is 0 Å². The lowest BCUT2D eigenvalue weighted by molar-refractivity contribution is -0.0689. The van der Waals surface area contributed by atoms with E-state index in [-0.39, 0.29) is 5.56 Å². The number of alkyl halides is 2. The second-order valence-electron chi connectivity index (χ2n) is 2.99. The molecule has 1 aromatic rings. The summed E-state index contributed by atoms with van der Waals surface area (Å²) in [5.74, 6) is -5.07. The first-order chi connectivity index (χ1) is 6.46. The lowest BCUT2D eigenvalue weighted by Gasteiger charge is -2.17. The van der Waals surface area contributed by atoms with Gasteiger partial charge in [-0.15, -0.1) is 0 Å². The number of halogens is 2. The summed E-state index contributed by atoms with van der Waals surface area (Å²) in [4.78, 5) is 11.2. The Bertz CT molecular complexity index is 320. The molecule has 1 aromatic carbocycles. The third kappa shape index (κ3) is 1.96. The molecule has 0 aromatic heterocycles. The lowest BCUT2D eigenvalue weighted by atomic mass is 10.0. The van der Waals surface area contributed by atoms with Gasteiger partial charge in [-0.3, -0.25) is 4.79 Å². The molecule has 0 saturated carbocycles. The first kappa shape index (κ1) is 10.8. The molecule has 4 heteroatoms. The first-order valence-electron chi connectivity index (χ1n) is 4.12. The smallest absolute Gasteiger partial charge is 0.334 e. The Hall–Kier alpha value is -1.29. The summed E-state index contributed by atoms with van der Waals surface area (Å²) in [5, 5.41) is 8.74. The molecule has 0 amide bonds. The second kappa shape index (κ2) is 3.84. The largest absolute Gasteiger partial charge is 0.387 e. The number of carbonyl (C=O) groups excluding carboxylic acids is 1. The molecule has 0 radical (unpaired) electrons. The number of benzene rings is 1. The van der Waals surface area contributed by atoms with Crippen LogP contribution in [0.15, 0.2) is 30.3 Å². The predicted octanol–water partition coefficient (Wildman–Crippen LogP) is 1.89. The van der Waals surface area contributed by atoms with Crippen LogP contribution in [0, 0.1) is 0 Å². The number of rotatable bonds is 3. The Morgan fingerprint density at radius 3 is 2.29 bits per heavy atom. The van der Waals surface area contributed by atoms with E-state index in [0.717, 1.165) is 6.92 Å². The van der Waals surface area contributed by atoms with Gasteiger partial charge in [-0.2, -0.15) is 8.78 Å². The van der Waals surface area contributed by atoms with Crippen LogP contribution in [0.25, 0.3) is 0 Å². The van der Waals surface area contributed by atoms with Gasteiger partial charge in [0.05, 0.1) is 0 Å². The molecule has 0 heterocycles. The normalized spacial score (nSPS) is 13.7. The van der Waals surface area contributed by atoms with Crippen molar-refractivity contribution in [2.75, 3.05) is 0 Å². The zero-order chi connectivity index (χ0) is 10.8. The molecule has 1 atom stereocenters. The van der Waals surface area contributed by atoms with Crippen molar-refractivity contribution < 1.29 is 18.7 Å². The second-order valence-corrected chi connectivity index (χ2v) is 2.99. The van der Waals surface area contributed by atoms with E-state index in [1.54, 1.807) is 6.07 Å². The van der Waals surface area contributed by atoms with Crippen LogP contribution in [0.1, 0.15) is 17.3 Å². The number of aliphatic hydroxyl groups is 1. The third-order valence-corrected chi connectivity index (χ3v) is 1.86. The highest BCUT2D eigenvalue weighted by Gasteiger charge is 2.44. The maximum absolute atomic E-state index is 13.0. The van der Waals surface area contributed by atoms with Gasteiger partial charge in [0.1, 0.15) is 6.10 Å². The molecule has 1 rings (SSSR count). The van der Waals surface area contributed by atoms with Gasteiger partial charge in [-0.05, 0) is 6.92 Å². The molecule has 0 bridgehead atoms. The number of ketones is 1. The fourth-order valence-electron chi connectivity index (χ4n) is 0.972. The topological polar surface area (TPSA) is 37.3 Å². The van der Waals surface area contributed by atoms with E-state index in [0.29, 0.717) is 0 Å². The summed E-state index contributed by atoms with van der Waals surface area (Å²) < 4.78 is 26.1. The minimum absolute atomic E-state index is 0.0987. The Morgan fingerprint density at radius 2 is 1.86 bits per heavy atom. The van der Waals surface area contributed by atoms with Gasteiger partial charge in [-0.25, -0.2) is 0 Å². The van der Waals surface area contributed by atoms with Crippen molar-refractivity contribution in [3.8, 4) is 0 Å². The Balaban J connectivity index is 2.97. The maximum Gasteiger partial charge on any atom is 0.334 e. The van der Waals surface area contributed by atoms with Crippen molar-refractivity contribution in [1.82, 2.24) is 0 Å². The number of hydrogen-bond acceptors (Lipinski definition) is 2. The summed E-state index contributed by atoms with van der Waals surface area (Å²) in [5.41, 5.74) is -0.0987. The standard InChI is InChI=1S/C10H10F2O2/c1-7(13)10(11,12)9(14)8-5-3-2-4-6-8/h2-7,13H,1H3/t7-/m0/s1. The van der Waals surface area contributed by atoms with Crippen LogP contribution in [0.3, 0.4) is 0 Å². The van der Waals surface area contributed by atoms with Crippen molar-refractivity contribution in [1.29, 1.82) is 0 Å². The fraction of sp³-hybridized carbons (Fsp3) is 0.300. The molecular formula is C10H10F2O2. The first-order valence-corrected chi connectivity index (χ1v) is 4.12. The van der Waals surface area contributed by atoms with Crippen LogP contribution in [0.5, 0.6) is 0 Å². The molecule has 0 fully saturated rings. The predicted molar refractivity (Wildman–Crippen MR) is 47.4 cm³/mol. The summed E-state index contributed by atoms with van der Waals surface area (Å²) in [7, 11) is 0. The molecule has 0 saturated heterocycles. The molecule has 0 spiro atoms. The van der Waals surface area contributed by atoms with Crippen LogP contribution in [-0.4, -0.2) is 22.9 Å². The van der Waals surface area contributed by atoms with Gasteiger partial charge in [0.15, 0.2) is 0 Å². The van der Waals surface area contributed by atoms with Crippen LogP contribution < -0.4 is 0 Å². The van der Waals surface area contributed by atoms with Gasteiger partial charge >= 0.3 is 5.92 Å². The van der Waals surface area contributed by atoms with E-state index in [2.05, 4.69) is 0 Å². The SMILES string of the molecule is C[C@H](O)C(F)(F)C(=O)c1ccccc1. The van der Waals surface area contributed by atoms with Crippen LogP contribution in [-0.2, 0) is 0 Å². The zero-order valence-electron chi connectivity index (χ0n) is 7.58. The molecule has 1 N–H and O–H groups in total. The summed E-state index contributed by atoms with van der Waals surface area (Å²) in [6, 6.07) is 7.19. The van der Waals surface area contributed by atoms with Crippen LogP contribution in [0.2, 0.25) is 0 Å². The molecule has 0 aliphatic heterocycles. The van der Waals surface area contributed by atoms with E-state index < -0.39 is 17.8 Å². The lowest BCUT2D eigenvalue weighted by Crippen LogP contribution is -2.39. The quantitative estimate of drug-likeness (QED) is 0.756. The van der Waals surface area contributed by atoms with E-state index in [9.17, 15) is 13.6 Å². The molecule has 0 aliphatic carbocycles. The number of Topliss-reactive ketones (excluding diaryl/α,β-unsaturated/α-hetero) is 1. The molecule has 76 valence electrons. The van der Waals surface area contributed by atoms with Crippen molar-refractivity contribution >= 4 is 5.78 Å². The Morgan fingerprint density at radius 1 is 1.36 bits per heavy atom. The van der Waals surface area contributed by atoms with E-state index in [4.69, 9.17) is 5.11 Å². The highest BCUT2D eigenvalue weighted by atomic mass is 19.3. The van der Waals surface area contributed by atoms with E-state index >= 15 is 0 Å². The van der Waals surface area contributed by atoms with Crippen molar-refractivity contribution in [2.45, 2.75) is 19.0 Å². The van der Waals surface area contributed by atoms with Gasteiger partial charge < -0.3 is 5.11 Å². The molecule has 2 nitrogen and oxygen atoms in total. The number of hydrogen-bond donors (Lipinski definition) is 1. The van der Waals surface area contributed by atoms with Crippen molar-refractivity contribution in [3.05, 3.63) is 35.9 Å². The third-order valence-electron chi connectivity index (χ3n) is 1.86. The Labute approximate surface area is 80.2 Å². The fourth-order valence-corrected chi connectivity index (χ4v) is 0.972. The average molecular weight is 200 g/mol. The minimum atomic E-state index is -3.72. The molecule has 14 heavy (non-hydrogen) atoms. The molecular weight excluding hydrogens is 190 g/mol. The minimum Gasteiger partial charge on any atom is -0.387 e.